The lowest BCUT2D eigenvalue weighted by atomic mass is 10.1. The summed E-state index contributed by atoms with van der Waals surface area (Å²) in [6, 6.07) is 9.59. The van der Waals surface area contributed by atoms with Gasteiger partial charge in [-0.15, -0.1) is 0 Å². The largest absolute Gasteiger partial charge is 0.378 e. The summed E-state index contributed by atoms with van der Waals surface area (Å²) in [5.41, 5.74) is 2.24. The SMILES string of the molecule is O=C(NCc1ccccc1)N1CCc2nc(N3CCOCC3)[nH]c(=O)c2C1. The normalized spacial score (nSPS) is 16.7. The molecular formula is C19H23N5O3. The summed E-state index contributed by atoms with van der Waals surface area (Å²) in [5.74, 6) is 0.601. The Bertz CT molecular complexity index is 861. The number of rotatable bonds is 3. The van der Waals surface area contributed by atoms with Crippen LogP contribution in [0.1, 0.15) is 16.8 Å². The fourth-order valence-electron chi connectivity index (χ4n) is 3.40. The lowest BCUT2D eigenvalue weighted by Gasteiger charge is -2.30. The number of benzene rings is 1. The maximum absolute atomic E-state index is 12.6. The van der Waals surface area contributed by atoms with E-state index in [0.29, 0.717) is 44.2 Å². The van der Waals surface area contributed by atoms with Crippen molar-refractivity contribution in [3.63, 3.8) is 0 Å². The van der Waals surface area contributed by atoms with Crippen molar-refractivity contribution in [3.8, 4) is 0 Å². The van der Waals surface area contributed by atoms with Gasteiger partial charge in [0.2, 0.25) is 5.95 Å². The number of hydrogen-bond donors (Lipinski definition) is 2. The van der Waals surface area contributed by atoms with Gasteiger partial charge in [0.05, 0.1) is 31.0 Å². The first-order valence-corrected chi connectivity index (χ1v) is 9.22. The lowest BCUT2D eigenvalue weighted by Crippen LogP contribution is -2.45. The molecule has 8 heteroatoms. The molecule has 142 valence electrons. The third kappa shape index (κ3) is 3.95. The minimum Gasteiger partial charge on any atom is -0.378 e. The Morgan fingerprint density at radius 1 is 1.19 bits per heavy atom. The van der Waals surface area contributed by atoms with Crippen molar-refractivity contribution in [1.29, 1.82) is 0 Å². The molecule has 0 saturated carbocycles. The molecule has 2 aliphatic heterocycles. The molecule has 0 bridgehead atoms. The quantitative estimate of drug-likeness (QED) is 0.838. The summed E-state index contributed by atoms with van der Waals surface area (Å²) in [4.78, 5) is 36.2. The first-order valence-electron chi connectivity index (χ1n) is 9.22. The second-order valence-corrected chi connectivity index (χ2v) is 6.73. The van der Waals surface area contributed by atoms with Crippen LogP contribution >= 0.6 is 0 Å². The smallest absolute Gasteiger partial charge is 0.317 e. The molecule has 8 nitrogen and oxygen atoms in total. The molecular weight excluding hydrogens is 346 g/mol. The maximum atomic E-state index is 12.6. The molecule has 1 aromatic heterocycles. The molecule has 1 fully saturated rings. The summed E-state index contributed by atoms with van der Waals surface area (Å²) in [6.07, 6.45) is 0.579. The van der Waals surface area contributed by atoms with Crippen molar-refractivity contribution in [2.75, 3.05) is 37.7 Å². The molecule has 1 aromatic carbocycles. The number of nitrogens with zero attached hydrogens (tertiary/aromatic N) is 3. The van der Waals surface area contributed by atoms with Gasteiger partial charge < -0.3 is 19.9 Å². The second kappa shape index (κ2) is 7.79. The minimum absolute atomic E-state index is 0.165. The summed E-state index contributed by atoms with van der Waals surface area (Å²) in [5, 5.41) is 2.91. The number of nitrogens with one attached hydrogen (secondary N) is 2. The number of carbonyl (C=O) groups is 1. The van der Waals surface area contributed by atoms with Gasteiger partial charge in [-0.05, 0) is 5.56 Å². The molecule has 0 unspecified atom stereocenters. The van der Waals surface area contributed by atoms with Crippen molar-refractivity contribution < 1.29 is 9.53 Å². The number of anilines is 1. The van der Waals surface area contributed by atoms with Gasteiger partial charge in [0.1, 0.15) is 0 Å². The van der Waals surface area contributed by atoms with Crippen LogP contribution in [0, 0.1) is 0 Å². The van der Waals surface area contributed by atoms with Gasteiger partial charge in [0, 0.05) is 32.6 Å². The fraction of sp³-hybridized carbons (Fsp3) is 0.421. The van der Waals surface area contributed by atoms with E-state index in [1.54, 1.807) is 4.90 Å². The van der Waals surface area contributed by atoms with E-state index in [2.05, 4.69) is 15.3 Å². The van der Waals surface area contributed by atoms with Gasteiger partial charge >= 0.3 is 6.03 Å². The zero-order valence-corrected chi connectivity index (χ0v) is 15.1. The van der Waals surface area contributed by atoms with Crippen molar-refractivity contribution >= 4 is 12.0 Å². The van der Waals surface area contributed by atoms with E-state index in [1.165, 1.54) is 0 Å². The monoisotopic (exact) mass is 369 g/mol. The van der Waals surface area contributed by atoms with Crippen molar-refractivity contribution in [3.05, 3.63) is 57.5 Å². The van der Waals surface area contributed by atoms with E-state index in [0.717, 1.165) is 24.3 Å². The molecule has 3 heterocycles. The minimum atomic E-state index is -0.166. The number of morpholine rings is 1. The molecule has 0 atom stereocenters. The van der Waals surface area contributed by atoms with Crippen LogP contribution in [0.15, 0.2) is 35.1 Å². The number of hydrogen-bond acceptors (Lipinski definition) is 5. The first-order chi connectivity index (χ1) is 13.2. The number of amides is 2. The molecule has 2 amide bonds. The van der Waals surface area contributed by atoms with Gasteiger partial charge in [0.15, 0.2) is 0 Å². The highest BCUT2D eigenvalue weighted by atomic mass is 16.5. The topological polar surface area (TPSA) is 90.6 Å². The molecule has 2 aliphatic rings. The van der Waals surface area contributed by atoms with Gasteiger partial charge in [-0.3, -0.25) is 9.78 Å². The average molecular weight is 369 g/mol. The molecule has 0 aliphatic carbocycles. The standard InChI is InChI=1S/C19H23N5O3/c25-17-15-13-24(19(26)20-12-14-4-2-1-3-5-14)7-6-16(15)21-18(22-17)23-8-10-27-11-9-23/h1-5H,6-13H2,(H,20,26)(H,21,22,25). The van der Waals surface area contributed by atoms with Gasteiger partial charge in [-0.1, -0.05) is 30.3 Å². The zero-order valence-electron chi connectivity index (χ0n) is 15.1. The van der Waals surface area contributed by atoms with Gasteiger partial charge in [-0.25, -0.2) is 9.78 Å². The molecule has 0 radical (unpaired) electrons. The van der Waals surface area contributed by atoms with Crippen LogP contribution in [0.4, 0.5) is 10.7 Å². The van der Waals surface area contributed by atoms with Crippen molar-refractivity contribution in [2.24, 2.45) is 0 Å². The van der Waals surface area contributed by atoms with Gasteiger partial charge in [0.25, 0.3) is 5.56 Å². The molecule has 0 spiro atoms. The summed E-state index contributed by atoms with van der Waals surface area (Å²) in [7, 11) is 0. The number of H-pyrrole nitrogens is 1. The molecule has 4 rings (SSSR count). The third-order valence-electron chi connectivity index (χ3n) is 4.94. The predicted molar refractivity (Wildman–Crippen MR) is 101 cm³/mol. The molecule has 2 aromatic rings. The number of aromatic nitrogens is 2. The summed E-state index contributed by atoms with van der Waals surface area (Å²) >= 11 is 0. The average Bonchev–Trinajstić information content (AvgIpc) is 2.73. The second-order valence-electron chi connectivity index (χ2n) is 6.73. The lowest BCUT2D eigenvalue weighted by molar-refractivity contribution is 0.122. The van der Waals surface area contributed by atoms with Crippen LogP contribution in [-0.4, -0.2) is 53.7 Å². The van der Waals surface area contributed by atoms with E-state index >= 15 is 0 Å². The third-order valence-corrected chi connectivity index (χ3v) is 4.94. The van der Waals surface area contributed by atoms with Crippen LogP contribution < -0.4 is 15.8 Å². The van der Waals surface area contributed by atoms with Crippen LogP contribution in [-0.2, 0) is 24.2 Å². The Hall–Kier alpha value is -2.87. The maximum Gasteiger partial charge on any atom is 0.317 e. The van der Waals surface area contributed by atoms with Crippen LogP contribution in [0.2, 0.25) is 0 Å². The number of urea groups is 1. The predicted octanol–water partition coefficient (Wildman–Crippen LogP) is 0.874. The Kier molecular flexibility index (Phi) is 5.06. The van der Waals surface area contributed by atoms with E-state index in [-0.39, 0.29) is 18.1 Å². The van der Waals surface area contributed by atoms with Crippen LogP contribution in [0.25, 0.3) is 0 Å². The number of aromatic amines is 1. The van der Waals surface area contributed by atoms with Crippen molar-refractivity contribution in [1.82, 2.24) is 20.2 Å². The zero-order chi connectivity index (χ0) is 18.6. The Morgan fingerprint density at radius 2 is 1.96 bits per heavy atom. The van der Waals surface area contributed by atoms with E-state index in [4.69, 9.17) is 4.74 Å². The summed E-state index contributed by atoms with van der Waals surface area (Å²) in [6.45, 7) is 4.00. The number of fused-ring (bicyclic) bond motifs is 1. The van der Waals surface area contributed by atoms with E-state index in [1.807, 2.05) is 35.2 Å². The number of ether oxygens (including phenoxy) is 1. The fourth-order valence-corrected chi connectivity index (χ4v) is 3.40. The van der Waals surface area contributed by atoms with Crippen molar-refractivity contribution in [2.45, 2.75) is 19.5 Å². The molecule has 1 saturated heterocycles. The Labute approximate surface area is 157 Å². The van der Waals surface area contributed by atoms with Crippen LogP contribution in [0.5, 0.6) is 0 Å². The van der Waals surface area contributed by atoms with E-state index in [9.17, 15) is 9.59 Å². The highest BCUT2D eigenvalue weighted by Crippen LogP contribution is 2.17. The first kappa shape index (κ1) is 17.5. The Morgan fingerprint density at radius 3 is 2.74 bits per heavy atom. The van der Waals surface area contributed by atoms with E-state index < -0.39 is 0 Å². The number of carbonyl (C=O) groups excluding carboxylic acids is 1. The molecule has 2 N–H and O–H groups in total. The highest BCUT2D eigenvalue weighted by Gasteiger charge is 2.25. The highest BCUT2D eigenvalue weighted by molar-refractivity contribution is 5.74. The van der Waals surface area contributed by atoms with Gasteiger partial charge in [-0.2, -0.15) is 0 Å². The summed E-state index contributed by atoms with van der Waals surface area (Å²) < 4.78 is 5.35. The van der Waals surface area contributed by atoms with Crippen LogP contribution in [0.3, 0.4) is 0 Å². The Balaban J connectivity index is 1.43. The molecule has 27 heavy (non-hydrogen) atoms.